The Labute approximate surface area is 111 Å². The van der Waals surface area contributed by atoms with E-state index in [1.807, 2.05) is 0 Å². The van der Waals surface area contributed by atoms with Crippen molar-refractivity contribution in [1.82, 2.24) is 4.90 Å². The van der Waals surface area contributed by atoms with Crippen molar-refractivity contribution < 1.29 is 5.11 Å². The van der Waals surface area contributed by atoms with Gasteiger partial charge in [-0.1, -0.05) is 30.3 Å². The second-order valence-electron chi connectivity index (χ2n) is 5.71. The molecular weight excluding hydrogens is 222 g/mol. The fraction of sp³-hybridized carbons (Fsp3) is 0.625. The van der Waals surface area contributed by atoms with E-state index in [9.17, 15) is 5.11 Å². The normalized spacial score (nSPS) is 24.7. The van der Waals surface area contributed by atoms with Crippen molar-refractivity contribution in [3.63, 3.8) is 0 Å². The highest BCUT2D eigenvalue weighted by atomic mass is 16.3. The van der Waals surface area contributed by atoms with E-state index in [0.29, 0.717) is 12.1 Å². The van der Waals surface area contributed by atoms with E-state index in [2.05, 4.69) is 49.1 Å². The first-order valence-electron chi connectivity index (χ1n) is 7.14. The molecule has 1 saturated carbocycles. The van der Waals surface area contributed by atoms with Crippen LogP contribution in [-0.4, -0.2) is 28.2 Å². The topological polar surface area (TPSA) is 23.5 Å². The molecule has 1 aliphatic carbocycles. The van der Waals surface area contributed by atoms with Crippen molar-refractivity contribution in [3.05, 3.63) is 35.9 Å². The van der Waals surface area contributed by atoms with Gasteiger partial charge >= 0.3 is 0 Å². The lowest BCUT2D eigenvalue weighted by atomic mass is 9.91. The third-order valence-electron chi connectivity index (χ3n) is 4.01. The molecule has 0 aliphatic heterocycles. The van der Waals surface area contributed by atoms with Crippen LogP contribution in [0.15, 0.2) is 30.3 Å². The van der Waals surface area contributed by atoms with Gasteiger partial charge < -0.3 is 5.11 Å². The summed E-state index contributed by atoms with van der Waals surface area (Å²) in [7, 11) is 0. The van der Waals surface area contributed by atoms with Gasteiger partial charge in [-0.05, 0) is 45.1 Å². The van der Waals surface area contributed by atoms with Gasteiger partial charge in [-0.25, -0.2) is 0 Å². The predicted molar refractivity (Wildman–Crippen MR) is 75.4 cm³/mol. The van der Waals surface area contributed by atoms with Gasteiger partial charge in [0.05, 0.1) is 6.10 Å². The van der Waals surface area contributed by atoms with Gasteiger partial charge in [-0.2, -0.15) is 0 Å². The summed E-state index contributed by atoms with van der Waals surface area (Å²) in [5.74, 6) is 0. The van der Waals surface area contributed by atoms with Crippen LogP contribution in [0.3, 0.4) is 0 Å². The van der Waals surface area contributed by atoms with Crippen LogP contribution in [0, 0.1) is 0 Å². The maximum Gasteiger partial charge on any atom is 0.0541 e. The number of aliphatic hydroxyl groups is 1. The average molecular weight is 247 g/mol. The van der Waals surface area contributed by atoms with Gasteiger partial charge in [0, 0.05) is 18.6 Å². The van der Waals surface area contributed by atoms with E-state index in [-0.39, 0.29) is 6.10 Å². The Kier molecular flexibility index (Phi) is 4.79. The van der Waals surface area contributed by atoms with E-state index in [0.717, 1.165) is 32.2 Å². The number of nitrogens with zero attached hydrogens (tertiary/aromatic N) is 1. The van der Waals surface area contributed by atoms with E-state index in [1.54, 1.807) is 0 Å². The lowest BCUT2D eigenvalue weighted by Gasteiger charge is -2.38. The maximum absolute atomic E-state index is 9.62. The predicted octanol–water partition coefficient (Wildman–Crippen LogP) is 3.20. The molecule has 0 aromatic heterocycles. The quantitative estimate of drug-likeness (QED) is 0.883. The fourth-order valence-corrected chi connectivity index (χ4v) is 2.92. The average Bonchev–Trinajstić information content (AvgIpc) is 2.38. The second kappa shape index (κ2) is 6.35. The Bertz CT molecular complexity index is 341. The van der Waals surface area contributed by atoms with Crippen molar-refractivity contribution in [3.8, 4) is 0 Å². The van der Waals surface area contributed by atoms with Crippen LogP contribution in [0.2, 0.25) is 0 Å². The standard InChI is InChI=1S/C16H25NO/c1-13(2)17(12-14-6-4-3-5-7-14)15-8-10-16(18)11-9-15/h3-7,13,15-16,18H,8-12H2,1-2H3. The molecule has 100 valence electrons. The summed E-state index contributed by atoms with van der Waals surface area (Å²) in [6.45, 7) is 5.57. The highest BCUT2D eigenvalue weighted by Gasteiger charge is 2.26. The van der Waals surface area contributed by atoms with Crippen LogP contribution in [0.4, 0.5) is 0 Å². The van der Waals surface area contributed by atoms with Crippen molar-refractivity contribution in [2.24, 2.45) is 0 Å². The number of benzene rings is 1. The van der Waals surface area contributed by atoms with Gasteiger partial charge in [0.15, 0.2) is 0 Å². The molecule has 2 heteroatoms. The lowest BCUT2D eigenvalue weighted by molar-refractivity contribution is 0.0550. The first-order chi connectivity index (χ1) is 8.66. The summed E-state index contributed by atoms with van der Waals surface area (Å²) in [6, 6.07) is 11.9. The molecule has 1 N–H and O–H groups in total. The Morgan fingerprint density at radius 3 is 2.28 bits per heavy atom. The molecule has 0 amide bonds. The first-order valence-corrected chi connectivity index (χ1v) is 7.14. The summed E-state index contributed by atoms with van der Waals surface area (Å²) in [6.07, 6.45) is 4.12. The highest BCUT2D eigenvalue weighted by molar-refractivity contribution is 5.14. The largest absolute Gasteiger partial charge is 0.393 e. The van der Waals surface area contributed by atoms with Crippen LogP contribution in [0.5, 0.6) is 0 Å². The van der Waals surface area contributed by atoms with Gasteiger partial charge in [0.2, 0.25) is 0 Å². The maximum atomic E-state index is 9.62. The van der Waals surface area contributed by atoms with E-state index in [1.165, 1.54) is 5.56 Å². The first kappa shape index (κ1) is 13.6. The molecular formula is C16H25NO. The van der Waals surface area contributed by atoms with Crippen molar-refractivity contribution in [1.29, 1.82) is 0 Å². The molecule has 1 fully saturated rings. The Morgan fingerprint density at radius 1 is 1.11 bits per heavy atom. The molecule has 1 aliphatic rings. The molecule has 0 radical (unpaired) electrons. The fourth-order valence-electron chi connectivity index (χ4n) is 2.92. The number of aliphatic hydroxyl groups excluding tert-OH is 1. The molecule has 0 heterocycles. The van der Waals surface area contributed by atoms with Crippen LogP contribution in [0.1, 0.15) is 45.1 Å². The summed E-state index contributed by atoms with van der Waals surface area (Å²) >= 11 is 0. The molecule has 0 spiro atoms. The van der Waals surface area contributed by atoms with Gasteiger partial charge in [-0.15, -0.1) is 0 Å². The highest BCUT2D eigenvalue weighted by Crippen LogP contribution is 2.26. The van der Waals surface area contributed by atoms with Crippen LogP contribution >= 0.6 is 0 Å². The second-order valence-corrected chi connectivity index (χ2v) is 5.71. The SMILES string of the molecule is CC(C)N(Cc1ccccc1)C1CCC(O)CC1. The van der Waals surface area contributed by atoms with Crippen LogP contribution < -0.4 is 0 Å². The number of rotatable bonds is 4. The zero-order valence-corrected chi connectivity index (χ0v) is 11.5. The minimum atomic E-state index is -0.0630. The van der Waals surface area contributed by atoms with Crippen molar-refractivity contribution in [2.75, 3.05) is 0 Å². The Balaban J connectivity index is 2.00. The van der Waals surface area contributed by atoms with E-state index in [4.69, 9.17) is 0 Å². The summed E-state index contributed by atoms with van der Waals surface area (Å²) in [4.78, 5) is 2.58. The molecule has 0 unspecified atom stereocenters. The third-order valence-corrected chi connectivity index (χ3v) is 4.01. The van der Waals surface area contributed by atoms with Crippen LogP contribution in [0.25, 0.3) is 0 Å². The molecule has 2 nitrogen and oxygen atoms in total. The monoisotopic (exact) mass is 247 g/mol. The minimum absolute atomic E-state index is 0.0630. The molecule has 0 atom stereocenters. The molecule has 1 aromatic rings. The van der Waals surface area contributed by atoms with Gasteiger partial charge in [0.1, 0.15) is 0 Å². The van der Waals surface area contributed by atoms with Gasteiger partial charge in [0.25, 0.3) is 0 Å². The summed E-state index contributed by atoms with van der Waals surface area (Å²) in [5, 5.41) is 9.62. The molecule has 1 aromatic carbocycles. The molecule has 0 bridgehead atoms. The summed E-state index contributed by atoms with van der Waals surface area (Å²) in [5.41, 5.74) is 1.39. The zero-order chi connectivity index (χ0) is 13.0. The third kappa shape index (κ3) is 3.56. The zero-order valence-electron chi connectivity index (χ0n) is 11.5. The number of hydrogen-bond donors (Lipinski definition) is 1. The van der Waals surface area contributed by atoms with Crippen molar-refractivity contribution in [2.45, 2.75) is 64.3 Å². The minimum Gasteiger partial charge on any atom is -0.393 e. The van der Waals surface area contributed by atoms with Gasteiger partial charge in [-0.3, -0.25) is 4.90 Å². The molecule has 18 heavy (non-hydrogen) atoms. The smallest absolute Gasteiger partial charge is 0.0541 e. The summed E-state index contributed by atoms with van der Waals surface area (Å²) < 4.78 is 0. The molecule has 2 rings (SSSR count). The van der Waals surface area contributed by atoms with Crippen LogP contribution in [-0.2, 0) is 6.54 Å². The van der Waals surface area contributed by atoms with E-state index < -0.39 is 0 Å². The lowest BCUT2D eigenvalue weighted by Crippen LogP contribution is -2.42. The molecule has 0 saturated heterocycles. The van der Waals surface area contributed by atoms with Crippen molar-refractivity contribution >= 4 is 0 Å². The Hall–Kier alpha value is -0.860. The Morgan fingerprint density at radius 2 is 1.72 bits per heavy atom. The number of hydrogen-bond acceptors (Lipinski definition) is 2. The van der Waals surface area contributed by atoms with E-state index >= 15 is 0 Å².